The molecule has 8 nitrogen and oxygen atoms in total. The number of hydrogen-bond donors (Lipinski definition) is 3. The number of carbonyl (C=O) groups is 3. The molecule has 1 heterocycles. The van der Waals surface area contributed by atoms with Gasteiger partial charge in [-0.15, -0.1) is 0 Å². The molecule has 3 amide bonds. The molecule has 8 heteroatoms. The highest BCUT2D eigenvalue weighted by Gasteiger charge is 2.13. The molecule has 6 aromatic carbocycles. The highest BCUT2D eigenvalue weighted by Crippen LogP contribution is 2.30. The third kappa shape index (κ3) is 7.93. The van der Waals surface area contributed by atoms with E-state index in [2.05, 4.69) is 16.0 Å². The SMILES string of the molecule is O=C(Nc1ccc(-c2cc(-c3ccc(NC(=O)c4ccccc4)cc3)nc(-c3ccc(NC(=O)c4ccccc4)cc3)n2)cc1)c1ccccc1. The summed E-state index contributed by atoms with van der Waals surface area (Å²) in [6.45, 7) is 0. The van der Waals surface area contributed by atoms with Gasteiger partial charge in [0.2, 0.25) is 0 Å². The Morgan fingerprint density at radius 2 is 0.647 bits per heavy atom. The maximum atomic E-state index is 12.7. The monoisotopic (exact) mass is 665 g/mol. The molecule has 0 radical (unpaired) electrons. The van der Waals surface area contributed by atoms with Crippen LogP contribution in [0.15, 0.2) is 170 Å². The predicted octanol–water partition coefficient (Wildman–Crippen LogP) is 9.23. The van der Waals surface area contributed by atoms with Gasteiger partial charge in [0.25, 0.3) is 17.7 Å². The van der Waals surface area contributed by atoms with Crippen molar-refractivity contribution in [3.8, 4) is 33.9 Å². The van der Waals surface area contributed by atoms with E-state index in [1.165, 1.54) is 0 Å². The number of amides is 3. The topological polar surface area (TPSA) is 113 Å². The molecular weight excluding hydrogens is 635 g/mol. The molecule has 51 heavy (non-hydrogen) atoms. The summed E-state index contributed by atoms with van der Waals surface area (Å²) in [5.41, 5.74) is 7.45. The Morgan fingerprint density at radius 1 is 0.353 bits per heavy atom. The van der Waals surface area contributed by atoms with Crippen LogP contribution in [0.1, 0.15) is 31.1 Å². The van der Waals surface area contributed by atoms with Crippen LogP contribution in [-0.4, -0.2) is 27.7 Å². The number of rotatable bonds is 9. The average molecular weight is 666 g/mol. The third-order valence-corrected chi connectivity index (χ3v) is 8.11. The summed E-state index contributed by atoms with van der Waals surface area (Å²) in [5, 5.41) is 8.81. The van der Waals surface area contributed by atoms with Gasteiger partial charge in [0.1, 0.15) is 0 Å². The van der Waals surface area contributed by atoms with Crippen molar-refractivity contribution in [2.75, 3.05) is 16.0 Å². The number of benzene rings is 6. The smallest absolute Gasteiger partial charge is 0.255 e. The second kappa shape index (κ2) is 14.9. The van der Waals surface area contributed by atoms with Crippen molar-refractivity contribution in [3.63, 3.8) is 0 Å². The fourth-order valence-corrected chi connectivity index (χ4v) is 5.40. The minimum atomic E-state index is -0.198. The van der Waals surface area contributed by atoms with Gasteiger partial charge in [0.15, 0.2) is 5.82 Å². The van der Waals surface area contributed by atoms with Crippen molar-refractivity contribution in [2.24, 2.45) is 0 Å². The minimum absolute atomic E-state index is 0.193. The van der Waals surface area contributed by atoms with Gasteiger partial charge in [0.05, 0.1) is 11.4 Å². The van der Waals surface area contributed by atoms with Crippen LogP contribution in [-0.2, 0) is 0 Å². The normalized spacial score (nSPS) is 10.6. The van der Waals surface area contributed by atoms with E-state index < -0.39 is 0 Å². The van der Waals surface area contributed by atoms with Crippen LogP contribution >= 0.6 is 0 Å². The summed E-state index contributed by atoms with van der Waals surface area (Å²) in [6, 6.07) is 51.4. The van der Waals surface area contributed by atoms with E-state index in [0.717, 1.165) is 16.7 Å². The fourth-order valence-electron chi connectivity index (χ4n) is 5.40. The van der Waals surface area contributed by atoms with E-state index in [-0.39, 0.29) is 17.7 Å². The van der Waals surface area contributed by atoms with Crippen LogP contribution in [0.25, 0.3) is 33.9 Å². The first kappa shape index (κ1) is 32.4. The second-order valence-electron chi connectivity index (χ2n) is 11.7. The Morgan fingerprint density at radius 3 is 0.961 bits per heavy atom. The molecule has 0 bridgehead atoms. The van der Waals surface area contributed by atoms with E-state index in [9.17, 15) is 14.4 Å². The van der Waals surface area contributed by atoms with Gasteiger partial charge >= 0.3 is 0 Å². The first-order chi connectivity index (χ1) is 25.0. The maximum absolute atomic E-state index is 12.7. The van der Waals surface area contributed by atoms with Gasteiger partial charge in [0, 0.05) is 50.4 Å². The van der Waals surface area contributed by atoms with Crippen molar-refractivity contribution in [2.45, 2.75) is 0 Å². The molecule has 0 fully saturated rings. The zero-order chi connectivity index (χ0) is 35.0. The fraction of sp³-hybridized carbons (Fsp3) is 0. The summed E-state index contributed by atoms with van der Waals surface area (Å²) >= 11 is 0. The highest BCUT2D eigenvalue weighted by atomic mass is 16.2. The molecule has 7 rings (SSSR count). The quantitative estimate of drug-likeness (QED) is 0.142. The van der Waals surface area contributed by atoms with Crippen LogP contribution in [0.3, 0.4) is 0 Å². The molecule has 246 valence electrons. The summed E-state index contributed by atoms with van der Waals surface area (Å²) < 4.78 is 0. The Hall–Kier alpha value is -7.19. The molecule has 0 saturated carbocycles. The molecular formula is C43H31N5O3. The first-order valence-corrected chi connectivity index (χ1v) is 16.3. The van der Waals surface area contributed by atoms with E-state index in [4.69, 9.17) is 9.97 Å². The van der Waals surface area contributed by atoms with Gasteiger partial charge in [-0.1, -0.05) is 78.9 Å². The summed E-state index contributed by atoms with van der Waals surface area (Å²) in [7, 11) is 0. The van der Waals surface area contributed by atoms with E-state index in [0.29, 0.717) is 51.0 Å². The number of anilines is 3. The number of hydrogen-bond acceptors (Lipinski definition) is 5. The molecule has 0 unspecified atom stereocenters. The van der Waals surface area contributed by atoms with Crippen molar-refractivity contribution in [1.82, 2.24) is 9.97 Å². The van der Waals surface area contributed by atoms with Crippen molar-refractivity contribution in [3.05, 3.63) is 187 Å². The average Bonchev–Trinajstić information content (AvgIpc) is 3.19. The zero-order valence-corrected chi connectivity index (χ0v) is 27.3. The van der Waals surface area contributed by atoms with Crippen molar-refractivity contribution >= 4 is 34.8 Å². The first-order valence-electron chi connectivity index (χ1n) is 16.3. The van der Waals surface area contributed by atoms with Gasteiger partial charge < -0.3 is 16.0 Å². The van der Waals surface area contributed by atoms with Crippen LogP contribution in [0, 0.1) is 0 Å². The van der Waals surface area contributed by atoms with Gasteiger partial charge in [-0.3, -0.25) is 14.4 Å². The van der Waals surface area contributed by atoms with Crippen LogP contribution in [0.2, 0.25) is 0 Å². The second-order valence-corrected chi connectivity index (χ2v) is 11.7. The molecule has 1 aromatic heterocycles. The molecule has 0 aliphatic heterocycles. The largest absolute Gasteiger partial charge is 0.322 e. The van der Waals surface area contributed by atoms with E-state index in [1.807, 2.05) is 133 Å². The van der Waals surface area contributed by atoms with Gasteiger partial charge in [-0.05, 0) is 91.0 Å². The number of carbonyl (C=O) groups excluding carboxylic acids is 3. The number of nitrogens with one attached hydrogen (secondary N) is 3. The summed E-state index contributed by atoms with van der Waals surface area (Å²) in [4.78, 5) is 48.0. The van der Waals surface area contributed by atoms with Gasteiger partial charge in [-0.25, -0.2) is 9.97 Å². The lowest BCUT2D eigenvalue weighted by atomic mass is 10.1. The van der Waals surface area contributed by atoms with E-state index in [1.54, 1.807) is 36.4 Å². The van der Waals surface area contributed by atoms with Crippen LogP contribution in [0.5, 0.6) is 0 Å². The maximum Gasteiger partial charge on any atom is 0.255 e. The Bertz CT molecular complexity index is 2020. The minimum Gasteiger partial charge on any atom is -0.322 e. The van der Waals surface area contributed by atoms with Crippen LogP contribution in [0.4, 0.5) is 17.1 Å². The molecule has 0 aliphatic rings. The van der Waals surface area contributed by atoms with Crippen molar-refractivity contribution in [1.29, 1.82) is 0 Å². The summed E-state index contributed by atoms with van der Waals surface area (Å²) in [6.07, 6.45) is 0. The highest BCUT2D eigenvalue weighted by molar-refractivity contribution is 6.05. The van der Waals surface area contributed by atoms with Crippen LogP contribution < -0.4 is 16.0 Å². The van der Waals surface area contributed by atoms with Crippen molar-refractivity contribution < 1.29 is 14.4 Å². The number of aromatic nitrogens is 2. The lowest BCUT2D eigenvalue weighted by Crippen LogP contribution is -2.11. The third-order valence-electron chi connectivity index (χ3n) is 8.11. The molecule has 7 aromatic rings. The Labute approximate surface area is 294 Å². The predicted molar refractivity (Wildman–Crippen MR) is 202 cm³/mol. The molecule has 3 N–H and O–H groups in total. The lowest BCUT2D eigenvalue weighted by Gasteiger charge is -2.12. The zero-order valence-electron chi connectivity index (χ0n) is 27.3. The van der Waals surface area contributed by atoms with E-state index >= 15 is 0 Å². The molecule has 0 atom stereocenters. The Kier molecular flexibility index (Phi) is 9.47. The van der Waals surface area contributed by atoms with Gasteiger partial charge in [-0.2, -0.15) is 0 Å². The lowest BCUT2D eigenvalue weighted by molar-refractivity contribution is 0.101. The summed E-state index contributed by atoms with van der Waals surface area (Å²) in [5.74, 6) is -0.0921. The molecule has 0 aliphatic carbocycles. The Balaban J connectivity index is 1.17. The number of nitrogens with zero attached hydrogens (tertiary/aromatic N) is 2. The standard InChI is InChI=1S/C43H31N5O3/c49-41(32-10-4-1-5-11-32)44-35-22-16-29(17-23-35)38-28-39(30-18-24-36(25-19-30)45-42(50)33-12-6-2-7-13-33)48-40(47-38)31-20-26-37(27-21-31)46-43(51)34-14-8-3-9-15-34/h1-28H,(H,44,49)(H,45,50)(H,46,51). The molecule has 0 saturated heterocycles. The molecule has 0 spiro atoms.